The number of hydrogen-bond donors (Lipinski definition) is 1. The van der Waals surface area contributed by atoms with Crippen LogP contribution in [0.1, 0.15) is 32.6 Å². The summed E-state index contributed by atoms with van der Waals surface area (Å²) < 4.78 is 0. The Morgan fingerprint density at radius 1 is 1.53 bits per heavy atom. The number of nitrogens with zero attached hydrogens (tertiary/aromatic N) is 1. The Morgan fingerprint density at radius 3 is 3.07 bits per heavy atom. The Hall–Kier alpha value is -0.570. The van der Waals surface area contributed by atoms with Crippen molar-refractivity contribution >= 4 is 5.91 Å². The number of hydrogen-bond acceptors (Lipinski definition) is 2. The van der Waals surface area contributed by atoms with Gasteiger partial charge in [-0.25, -0.2) is 0 Å². The number of carbonyl (C=O) groups is 1. The second-order valence-corrected chi connectivity index (χ2v) is 5.05. The van der Waals surface area contributed by atoms with E-state index in [0.29, 0.717) is 11.8 Å². The number of nitrogens with one attached hydrogen (secondary N) is 1. The van der Waals surface area contributed by atoms with E-state index in [-0.39, 0.29) is 5.41 Å². The lowest BCUT2D eigenvalue weighted by Crippen LogP contribution is -2.48. The smallest absolute Gasteiger partial charge is 0.230 e. The molecular formula is C12H22N2O. The Balaban J connectivity index is 2.18. The first-order valence-electron chi connectivity index (χ1n) is 6.17. The summed E-state index contributed by atoms with van der Waals surface area (Å²) in [6.45, 7) is 4.83. The standard InChI is InChI=1S/C12H22N2O/c1-3-14(2)11(15)12-7-5-4-6-10(12)8-13-9-12/h10,13H,3-9H2,1-2H3/t10-,12+/m0/s1. The number of fused-ring (bicyclic) bond motifs is 1. The summed E-state index contributed by atoms with van der Waals surface area (Å²) >= 11 is 0. The van der Waals surface area contributed by atoms with E-state index < -0.39 is 0 Å². The number of rotatable bonds is 2. The van der Waals surface area contributed by atoms with Crippen LogP contribution >= 0.6 is 0 Å². The van der Waals surface area contributed by atoms with E-state index in [2.05, 4.69) is 12.2 Å². The van der Waals surface area contributed by atoms with Crippen molar-refractivity contribution in [1.29, 1.82) is 0 Å². The van der Waals surface area contributed by atoms with Crippen LogP contribution in [0.5, 0.6) is 0 Å². The van der Waals surface area contributed by atoms with E-state index in [4.69, 9.17) is 0 Å². The van der Waals surface area contributed by atoms with Gasteiger partial charge in [-0.2, -0.15) is 0 Å². The Bertz CT molecular complexity index is 254. The van der Waals surface area contributed by atoms with Crippen molar-refractivity contribution in [3.63, 3.8) is 0 Å². The van der Waals surface area contributed by atoms with Crippen LogP contribution in [-0.2, 0) is 4.79 Å². The molecule has 86 valence electrons. The highest BCUT2D eigenvalue weighted by atomic mass is 16.2. The van der Waals surface area contributed by atoms with E-state index in [0.717, 1.165) is 26.1 Å². The third kappa shape index (κ3) is 1.67. The first-order chi connectivity index (χ1) is 7.20. The van der Waals surface area contributed by atoms with Crippen molar-refractivity contribution in [1.82, 2.24) is 10.2 Å². The molecule has 3 heteroatoms. The quantitative estimate of drug-likeness (QED) is 0.744. The molecule has 1 aliphatic heterocycles. The minimum Gasteiger partial charge on any atom is -0.346 e. The van der Waals surface area contributed by atoms with E-state index in [1.807, 2.05) is 11.9 Å². The summed E-state index contributed by atoms with van der Waals surface area (Å²) in [4.78, 5) is 14.3. The lowest BCUT2D eigenvalue weighted by atomic mass is 9.67. The highest BCUT2D eigenvalue weighted by Gasteiger charge is 2.50. The normalized spacial score (nSPS) is 34.9. The molecule has 1 aliphatic carbocycles. The maximum absolute atomic E-state index is 12.4. The molecule has 0 bridgehead atoms. The molecule has 1 saturated heterocycles. The molecule has 1 N–H and O–H groups in total. The van der Waals surface area contributed by atoms with Crippen LogP contribution < -0.4 is 5.32 Å². The van der Waals surface area contributed by atoms with Crippen LogP contribution in [0.2, 0.25) is 0 Å². The predicted molar refractivity (Wildman–Crippen MR) is 60.6 cm³/mol. The summed E-state index contributed by atoms with van der Waals surface area (Å²) in [6.07, 6.45) is 4.85. The van der Waals surface area contributed by atoms with Crippen molar-refractivity contribution in [2.75, 3.05) is 26.7 Å². The van der Waals surface area contributed by atoms with Gasteiger partial charge in [0, 0.05) is 20.1 Å². The molecule has 2 fully saturated rings. The Kier molecular flexibility index (Phi) is 3.01. The van der Waals surface area contributed by atoms with Crippen LogP contribution in [-0.4, -0.2) is 37.5 Å². The zero-order valence-corrected chi connectivity index (χ0v) is 9.88. The molecule has 15 heavy (non-hydrogen) atoms. The highest BCUT2D eigenvalue weighted by molar-refractivity contribution is 5.83. The van der Waals surface area contributed by atoms with E-state index in [1.54, 1.807) is 0 Å². The molecule has 1 heterocycles. The van der Waals surface area contributed by atoms with Gasteiger partial charge < -0.3 is 10.2 Å². The molecule has 0 aromatic carbocycles. The number of amides is 1. The van der Waals surface area contributed by atoms with Gasteiger partial charge in [-0.05, 0) is 32.2 Å². The van der Waals surface area contributed by atoms with Crippen LogP contribution in [0.3, 0.4) is 0 Å². The molecule has 0 spiro atoms. The molecule has 1 amide bonds. The molecule has 1 saturated carbocycles. The zero-order valence-electron chi connectivity index (χ0n) is 9.88. The van der Waals surface area contributed by atoms with Gasteiger partial charge in [0.05, 0.1) is 5.41 Å². The number of carbonyl (C=O) groups excluding carboxylic acids is 1. The van der Waals surface area contributed by atoms with Crippen molar-refractivity contribution in [3.8, 4) is 0 Å². The highest BCUT2D eigenvalue weighted by Crippen LogP contribution is 2.44. The van der Waals surface area contributed by atoms with Crippen LogP contribution in [0.4, 0.5) is 0 Å². The predicted octanol–water partition coefficient (Wildman–Crippen LogP) is 1.24. The average molecular weight is 210 g/mol. The SMILES string of the molecule is CCN(C)C(=O)[C@@]12CCCC[C@H]1CNC2. The maximum atomic E-state index is 12.4. The average Bonchev–Trinajstić information content (AvgIpc) is 2.71. The Morgan fingerprint density at radius 2 is 2.33 bits per heavy atom. The first kappa shape index (κ1) is 10.9. The molecule has 0 unspecified atom stereocenters. The summed E-state index contributed by atoms with van der Waals surface area (Å²) in [5.41, 5.74) is -0.0526. The van der Waals surface area contributed by atoms with Gasteiger partial charge in [-0.15, -0.1) is 0 Å². The Labute approximate surface area is 92.2 Å². The minimum absolute atomic E-state index is 0.0526. The van der Waals surface area contributed by atoms with Crippen molar-refractivity contribution in [2.45, 2.75) is 32.6 Å². The van der Waals surface area contributed by atoms with E-state index in [1.165, 1.54) is 19.3 Å². The topological polar surface area (TPSA) is 32.3 Å². The van der Waals surface area contributed by atoms with Crippen LogP contribution in [0.15, 0.2) is 0 Å². The molecule has 2 atom stereocenters. The molecule has 2 aliphatic rings. The van der Waals surface area contributed by atoms with Gasteiger partial charge in [0.15, 0.2) is 0 Å². The summed E-state index contributed by atoms with van der Waals surface area (Å²) in [7, 11) is 1.93. The van der Waals surface area contributed by atoms with E-state index in [9.17, 15) is 4.79 Å². The first-order valence-corrected chi connectivity index (χ1v) is 6.17. The summed E-state index contributed by atoms with van der Waals surface area (Å²) in [5.74, 6) is 0.965. The van der Waals surface area contributed by atoms with Crippen molar-refractivity contribution < 1.29 is 4.79 Å². The fourth-order valence-corrected chi connectivity index (χ4v) is 3.19. The molecule has 0 aromatic heterocycles. The summed E-state index contributed by atoms with van der Waals surface area (Å²) in [6, 6.07) is 0. The van der Waals surface area contributed by atoms with Gasteiger partial charge in [0.25, 0.3) is 0 Å². The largest absolute Gasteiger partial charge is 0.346 e. The van der Waals surface area contributed by atoms with Gasteiger partial charge in [-0.3, -0.25) is 4.79 Å². The third-order valence-corrected chi connectivity index (χ3v) is 4.29. The second kappa shape index (κ2) is 4.12. The molecule has 3 nitrogen and oxygen atoms in total. The minimum atomic E-state index is -0.0526. The lowest BCUT2D eigenvalue weighted by molar-refractivity contribution is -0.143. The fraction of sp³-hybridized carbons (Fsp3) is 0.917. The van der Waals surface area contributed by atoms with Crippen molar-refractivity contribution in [3.05, 3.63) is 0 Å². The van der Waals surface area contributed by atoms with Crippen LogP contribution in [0, 0.1) is 11.3 Å². The molecule has 2 rings (SSSR count). The molecular weight excluding hydrogens is 188 g/mol. The second-order valence-electron chi connectivity index (χ2n) is 5.05. The van der Waals surface area contributed by atoms with Crippen LogP contribution in [0.25, 0.3) is 0 Å². The van der Waals surface area contributed by atoms with Gasteiger partial charge >= 0.3 is 0 Å². The summed E-state index contributed by atoms with van der Waals surface area (Å²) in [5, 5.41) is 3.42. The van der Waals surface area contributed by atoms with E-state index >= 15 is 0 Å². The molecule has 0 aromatic rings. The monoisotopic (exact) mass is 210 g/mol. The van der Waals surface area contributed by atoms with Gasteiger partial charge in [0.2, 0.25) is 5.91 Å². The van der Waals surface area contributed by atoms with Crippen molar-refractivity contribution in [2.24, 2.45) is 11.3 Å². The third-order valence-electron chi connectivity index (χ3n) is 4.29. The molecule has 0 radical (unpaired) electrons. The van der Waals surface area contributed by atoms with Gasteiger partial charge in [-0.1, -0.05) is 12.8 Å². The lowest BCUT2D eigenvalue weighted by Gasteiger charge is -2.39. The fourth-order valence-electron chi connectivity index (χ4n) is 3.19. The maximum Gasteiger partial charge on any atom is 0.230 e. The zero-order chi connectivity index (χ0) is 10.9. The van der Waals surface area contributed by atoms with Gasteiger partial charge in [0.1, 0.15) is 0 Å².